The van der Waals surface area contributed by atoms with E-state index in [9.17, 15) is 13.2 Å². The smallest absolute Gasteiger partial charge is 0.252 e. The van der Waals surface area contributed by atoms with Gasteiger partial charge in [-0.3, -0.25) is 4.79 Å². The van der Waals surface area contributed by atoms with Gasteiger partial charge in [-0.15, -0.1) is 0 Å². The molecule has 25 heavy (non-hydrogen) atoms. The van der Waals surface area contributed by atoms with E-state index in [0.717, 1.165) is 6.42 Å². The molecule has 1 aromatic carbocycles. The van der Waals surface area contributed by atoms with Gasteiger partial charge in [0.1, 0.15) is 5.82 Å². The molecule has 1 aliphatic heterocycles. The average Bonchev–Trinajstić information content (AvgIpc) is 2.95. The lowest BCUT2D eigenvalue weighted by atomic mass is 10.1. The van der Waals surface area contributed by atoms with Crippen LogP contribution in [0.25, 0.3) is 0 Å². The van der Waals surface area contributed by atoms with Crippen molar-refractivity contribution >= 4 is 21.6 Å². The summed E-state index contributed by atoms with van der Waals surface area (Å²) in [5.74, 6) is 0.768. The molecule has 7 heteroatoms. The van der Waals surface area contributed by atoms with Gasteiger partial charge in [0.2, 0.25) is 0 Å². The average molecular weight is 359 g/mol. The number of pyridine rings is 1. The number of nitrogens with one attached hydrogen (secondary N) is 2. The second-order valence-electron chi connectivity index (χ2n) is 6.17. The van der Waals surface area contributed by atoms with Gasteiger partial charge in [0.25, 0.3) is 5.91 Å². The highest BCUT2D eigenvalue weighted by molar-refractivity contribution is 7.91. The lowest BCUT2D eigenvalue weighted by molar-refractivity contribution is 0.0954. The number of sulfone groups is 1. The van der Waals surface area contributed by atoms with E-state index in [1.54, 1.807) is 12.1 Å². The van der Waals surface area contributed by atoms with Crippen molar-refractivity contribution in [2.75, 3.05) is 23.4 Å². The molecule has 132 valence electrons. The monoisotopic (exact) mass is 359 g/mol. The summed E-state index contributed by atoms with van der Waals surface area (Å²) in [6.45, 7) is 0.558. The van der Waals surface area contributed by atoms with Crippen molar-refractivity contribution in [3.8, 4) is 0 Å². The fourth-order valence-electron chi connectivity index (χ4n) is 2.80. The maximum Gasteiger partial charge on any atom is 0.252 e. The summed E-state index contributed by atoms with van der Waals surface area (Å²) in [5.41, 5.74) is 1.66. The van der Waals surface area contributed by atoms with Crippen molar-refractivity contribution in [2.24, 2.45) is 0 Å². The Labute approximate surface area is 147 Å². The Morgan fingerprint density at radius 2 is 1.96 bits per heavy atom. The molecule has 1 saturated heterocycles. The predicted octanol–water partition coefficient (Wildman–Crippen LogP) is 1.65. The van der Waals surface area contributed by atoms with Crippen molar-refractivity contribution in [1.82, 2.24) is 10.3 Å². The molecule has 6 nitrogen and oxygen atoms in total. The second-order valence-corrected chi connectivity index (χ2v) is 8.40. The predicted molar refractivity (Wildman–Crippen MR) is 97.4 cm³/mol. The SMILES string of the molecule is O=C(NCCc1ccccc1)c1ccc(NC2CCS(=O)(=O)C2)nc1. The number of benzene rings is 1. The summed E-state index contributed by atoms with van der Waals surface area (Å²) < 4.78 is 22.9. The van der Waals surface area contributed by atoms with E-state index in [4.69, 9.17) is 0 Å². The van der Waals surface area contributed by atoms with Crippen LogP contribution < -0.4 is 10.6 Å². The van der Waals surface area contributed by atoms with Crippen LogP contribution in [0, 0.1) is 0 Å². The van der Waals surface area contributed by atoms with Gasteiger partial charge < -0.3 is 10.6 Å². The van der Waals surface area contributed by atoms with Gasteiger partial charge in [0.05, 0.1) is 17.1 Å². The van der Waals surface area contributed by atoms with Crippen LogP contribution in [0.4, 0.5) is 5.82 Å². The molecule has 2 N–H and O–H groups in total. The fraction of sp³-hybridized carbons (Fsp3) is 0.333. The van der Waals surface area contributed by atoms with Crippen LogP contribution in [0.5, 0.6) is 0 Å². The first kappa shape index (κ1) is 17.4. The third-order valence-corrected chi connectivity index (χ3v) is 5.92. The second kappa shape index (κ2) is 7.65. The van der Waals surface area contributed by atoms with Crippen LogP contribution in [0.1, 0.15) is 22.3 Å². The third-order valence-electron chi connectivity index (χ3n) is 4.15. The van der Waals surface area contributed by atoms with Crippen molar-refractivity contribution in [1.29, 1.82) is 0 Å². The minimum absolute atomic E-state index is 0.108. The number of carbonyl (C=O) groups excluding carboxylic acids is 1. The van der Waals surface area contributed by atoms with Crippen LogP contribution in [-0.4, -0.2) is 43.4 Å². The van der Waals surface area contributed by atoms with Crippen molar-refractivity contribution in [3.63, 3.8) is 0 Å². The van der Waals surface area contributed by atoms with Gasteiger partial charge in [-0.25, -0.2) is 13.4 Å². The van der Waals surface area contributed by atoms with Gasteiger partial charge in [-0.2, -0.15) is 0 Å². The lowest BCUT2D eigenvalue weighted by Crippen LogP contribution is -2.26. The molecule has 0 saturated carbocycles. The highest BCUT2D eigenvalue weighted by atomic mass is 32.2. The number of hydrogen-bond acceptors (Lipinski definition) is 5. The van der Waals surface area contributed by atoms with Crippen LogP contribution in [0.15, 0.2) is 48.7 Å². The van der Waals surface area contributed by atoms with E-state index in [1.807, 2.05) is 30.3 Å². The standard InChI is InChI=1S/C18H21N3O3S/c22-18(19-10-8-14-4-2-1-3-5-14)15-6-7-17(20-12-15)21-16-9-11-25(23,24)13-16/h1-7,12,16H,8-11,13H2,(H,19,22)(H,20,21). The normalized spacial score (nSPS) is 18.6. The number of hydrogen-bond donors (Lipinski definition) is 2. The van der Waals surface area contributed by atoms with Gasteiger partial charge in [0.15, 0.2) is 9.84 Å². The Morgan fingerprint density at radius 3 is 2.60 bits per heavy atom. The minimum atomic E-state index is -2.92. The molecule has 3 rings (SSSR count). The van der Waals surface area contributed by atoms with Crippen LogP contribution in [0.2, 0.25) is 0 Å². The van der Waals surface area contributed by atoms with Gasteiger partial charge in [0, 0.05) is 18.8 Å². The van der Waals surface area contributed by atoms with E-state index in [1.165, 1.54) is 11.8 Å². The summed E-state index contributed by atoms with van der Waals surface area (Å²) in [4.78, 5) is 16.3. The quantitative estimate of drug-likeness (QED) is 0.819. The lowest BCUT2D eigenvalue weighted by Gasteiger charge is -2.11. The summed E-state index contributed by atoms with van der Waals surface area (Å²) in [6.07, 6.45) is 2.87. The number of nitrogens with zero attached hydrogens (tertiary/aromatic N) is 1. The molecule has 1 aromatic heterocycles. The molecule has 1 amide bonds. The van der Waals surface area contributed by atoms with E-state index < -0.39 is 9.84 Å². The molecule has 2 aromatic rings. The Kier molecular flexibility index (Phi) is 5.33. The zero-order valence-electron chi connectivity index (χ0n) is 13.8. The molecular weight excluding hydrogens is 338 g/mol. The number of amides is 1. The molecule has 1 unspecified atom stereocenters. The molecule has 0 bridgehead atoms. The first-order valence-electron chi connectivity index (χ1n) is 8.27. The maximum absolute atomic E-state index is 12.1. The van der Waals surface area contributed by atoms with E-state index in [2.05, 4.69) is 15.6 Å². The molecule has 0 aliphatic carbocycles. The molecule has 1 fully saturated rings. The van der Waals surface area contributed by atoms with Crippen LogP contribution in [0.3, 0.4) is 0 Å². The topological polar surface area (TPSA) is 88.2 Å². The maximum atomic E-state index is 12.1. The highest BCUT2D eigenvalue weighted by Crippen LogP contribution is 2.16. The van der Waals surface area contributed by atoms with Crippen LogP contribution in [-0.2, 0) is 16.3 Å². The van der Waals surface area contributed by atoms with E-state index >= 15 is 0 Å². The van der Waals surface area contributed by atoms with E-state index in [0.29, 0.717) is 24.3 Å². The first-order chi connectivity index (χ1) is 12.0. The van der Waals surface area contributed by atoms with Gasteiger partial charge in [-0.05, 0) is 30.5 Å². The third kappa shape index (κ3) is 5.03. The highest BCUT2D eigenvalue weighted by Gasteiger charge is 2.27. The van der Waals surface area contributed by atoms with Gasteiger partial charge >= 0.3 is 0 Å². The molecule has 2 heterocycles. The molecule has 1 aliphatic rings. The molecule has 0 radical (unpaired) electrons. The molecule has 0 spiro atoms. The van der Waals surface area contributed by atoms with Crippen molar-refractivity contribution < 1.29 is 13.2 Å². The fourth-order valence-corrected chi connectivity index (χ4v) is 4.47. The van der Waals surface area contributed by atoms with Crippen molar-refractivity contribution in [3.05, 3.63) is 59.8 Å². The summed E-state index contributed by atoms with van der Waals surface area (Å²) in [6, 6.07) is 13.3. The van der Waals surface area contributed by atoms with Crippen LogP contribution >= 0.6 is 0 Å². The Bertz CT molecular complexity index is 820. The minimum Gasteiger partial charge on any atom is -0.366 e. The molecule has 1 atom stereocenters. The number of aromatic nitrogens is 1. The van der Waals surface area contributed by atoms with Gasteiger partial charge in [-0.1, -0.05) is 30.3 Å². The zero-order chi connectivity index (χ0) is 17.7. The molecular formula is C18H21N3O3S. The Morgan fingerprint density at radius 1 is 1.16 bits per heavy atom. The zero-order valence-corrected chi connectivity index (χ0v) is 14.6. The first-order valence-corrected chi connectivity index (χ1v) is 10.1. The number of rotatable bonds is 6. The Hall–Kier alpha value is -2.41. The van der Waals surface area contributed by atoms with E-state index in [-0.39, 0.29) is 23.5 Å². The Balaban J connectivity index is 1.49. The largest absolute Gasteiger partial charge is 0.366 e. The summed E-state index contributed by atoms with van der Waals surface area (Å²) in [7, 11) is -2.92. The van der Waals surface area contributed by atoms with Crippen molar-refractivity contribution in [2.45, 2.75) is 18.9 Å². The summed E-state index contributed by atoms with van der Waals surface area (Å²) in [5, 5.41) is 5.98. The number of anilines is 1. The number of carbonyl (C=O) groups is 1. The summed E-state index contributed by atoms with van der Waals surface area (Å²) >= 11 is 0.